The van der Waals surface area contributed by atoms with Crippen molar-refractivity contribution in [1.29, 1.82) is 0 Å². The molecular formula is C14H17N3O2. The summed E-state index contributed by atoms with van der Waals surface area (Å²) in [5.74, 6) is 0.745. The van der Waals surface area contributed by atoms with Crippen molar-refractivity contribution in [3.8, 4) is 0 Å². The minimum absolute atomic E-state index is 0.159. The predicted octanol–water partition coefficient (Wildman–Crippen LogP) is 1.76. The lowest BCUT2D eigenvalue weighted by Gasteiger charge is -2.42. The maximum atomic E-state index is 11.4. The normalized spacial score (nSPS) is 18.7. The van der Waals surface area contributed by atoms with Crippen LogP contribution in [0.25, 0.3) is 5.65 Å². The van der Waals surface area contributed by atoms with Crippen LogP contribution in [-0.4, -0.2) is 41.0 Å². The highest BCUT2D eigenvalue weighted by Gasteiger charge is 2.34. The molecule has 2 aromatic heterocycles. The molecule has 2 aromatic rings. The van der Waals surface area contributed by atoms with Crippen LogP contribution in [0, 0.1) is 0 Å². The first kappa shape index (κ1) is 12.2. The average Bonchev–Trinajstić information content (AvgIpc) is 2.76. The smallest absolute Gasteiger partial charge is 0.170 e. The van der Waals surface area contributed by atoms with Gasteiger partial charge in [-0.15, -0.1) is 0 Å². The Kier molecular flexibility index (Phi) is 2.78. The van der Waals surface area contributed by atoms with Crippen molar-refractivity contribution < 1.29 is 9.53 Å². The third-order valence-corrected chi connectivity index (χ3v) is 3.56. The van der Waals surface area contributed by atoms with Crippen LogP contribution in [0.2, 0.25) is 0 Å². The second-order valence-electron chi connectivity index (χ2n) is 5.38. The Hall–Kier alpha value is -1.88. The van der Waals surface area contributed by atoms with E-state index in [-0.39, 0.29) is 5.54 Å². The standard InChI is InChI=1S/C14H17N3O2/c1-14(2)10-19-8-7-17(14)13-11(9-18)16-6-4-3-5-12(16)15-13/h3-6,9H,7-8,10H2,1-2H3. The van der Waals surface area contributed by atoms with E-state index < -0.39 is 0 Å². The average molecular weight is 259 g/mol. The highest BCUT2D eigenvalue weighted by molar-refractivity contribution is 5.83. The van der Waals surface area contributed by atoms with Gasteiger partial charge in [0, 0.05) is 12.7 Å². The number of carbonyl (C=O) groups is 1. The molecule has 0 unspecified atom stereocenters. The van der Waals surface area contributed by atoms with Gasteiger partial charge in [0.1, 0.15) is 11.3 Å². The van der Waals surface area contributed by atoms with E-state index in [1.165, 1.54) is 0 Å². The van der Waals surface area contributed by atoms with Crippen molar-refractivity contribution in [2.75, 3.05) is 24.7 Å². The number of hydrogen-bond donors (Lipinski definition) is 0. The zero-order chi connectivity index (χ0) is 13.5. The lowest BCUT2D eigenvalue weighted by molar-refractivity contribution is 0.0638. The van der Waals surface area contributed by atoms with Gasteiger partial charge in [-0.1, -0.05) is 6.07 Å². The molecule has 0 aliphatic carbocycles. The van der Waals surface area contributed by atoms with Gasteiger partial charge in [-0.2, -0.15) is 0 Å². The number of nitrogens with zero attached hydrogens (tertiary/aromatic N) is 3. The van der Waals surface area contributed by atoms with E-state index in [9.17, 15) is 4.79 Å². The molecule has 3 heterocycles. The van der Waals surface area contributed by atoms with Crippen LogP contribution in [0.4, 0.5) is 5.82 Å². The van der Waals surface area contributed by atoms with E-state index in [0.717, 1.165) is 24.3 Å². The summed E-state index contributed by atoms with van der Waals surface area (Å²) < 4.78 is 7.35. The fourth-order valence-electron chi connectivity index (χ4n) is 2.56. The second kappa shape index (κ2) is 4.35. The minimum atomic E-state index is -0.159. The number of pyridine rings is 1. The molecule has 19 heavy (non-hydrogen) atoms. The van der Waals surface area contributed by atoms with Gasteiger partial charge in [0.05, 0.1) is 18.8 Å². The number of aldehydes is 1. The summed E-state index contributed by atoms with van der Waals surface area (Å²) in [7, 11) is 0. The van der Waals surface area contributed by atoms with Crippen LogP contribution in [0.5, 0.6) is 0 Å². The number of anilines is 1. The number of hydrogen-bond acceptors (Lipinski definition) is 4. The molecule has 0 atom stereocenters. The largest absolute Gasteiger partial charge is 0.377 e. The second-order valence-corrected chi connectivity index (χ2v) is 5.38. The molecule has 5 nitrogen and oxygen atoms in total. The Bertz CT molecular complexity index is 618. The lowest BCUT2D eigenvalue weighted by Crippen LogP contribution is -2.53. The first-order valence-electron chi connectivity index (χ1n) is 6.41. The summed E-state index contributed by atoms with van der Waals surface area (Å²) in [5, 5.41) is 0. The van der Waals surface area contributed by atoms with Gasteiger partial charge in [0.15, 0.2) is 12.1 Å². The molecule has 100 valence electrons. The van der Waals surface area contributed by atoms with Crippen LogP contribution in [0.1, 0.15) is 24.3 Å². The molecule has 1 saturated heterocycles. The van der Waals surface area contributed by atoms with Crippen LogP contribution >= 0.6 is 0 Å². The number of ether oxygens (including phenoxy) is 1. The molecule has 0 radical (unpaired) electrons. The van der Waals surface area contributed by atoms with Gasteiger partial charge >= 0.3 is 0 Å². The van der Waals surface area contributed by atoms with Crippen molar-refractivity contribution in [2.45, 2.75) is 19.4 Å². The van der Waals surface area contributed by atoms with Gasteiger partial charge in [0.25, 0.3) is 0 Å². The van der Waals surface area contributed by atoms with Crippen LogP contribution in [0.15, 0.2) is 24.4 Å². The maximum absolute atomic E-state index is 11.4. The topological polar surface area (TPSA) is 46.8 Å². The first-order chi connectivity index (χ1) is 9.13. The SMILES string of the molecule is CC1(C)COCCN1c1nc2ccccn2c1C=O. The molecule has 0 aromatic carbocycles. The van der Waals surface area contributed by atoms with Gasteiger partial charge < -0.3 is 9.64 Å². The quantitative estimate of drug-likeness (QED) is 0.771. The van der Waals surface area contributed by atoms with Crippen LogP contribution < -0.4 is 4.90 Å². The lowest BCUT2D eigenvalue weighted by atomic mass is 10.0. The van der Waals surface area contributed by atoms with Gasteiger partial charge in [-0.05, 0) is 26.0 Å². The molecule has 0 N–H and O–H groups in total. The Morgan fingerprint density at radius 2 is 2.26 bits per heavy atom. The monoisotopic (exact) mass is 259 g/mol. The predicted molar refractivity (Wildman–Crippen MR) is 72.8 cm³/mol. The highest BCUT2D eigenvalue weighted by Crippen LogP contribution is 2.29. The van der Waals surface area contributed by atoms with Crippen molar-refractivity contribution in [2.24, 2.45) is 0 Å². The molecule has 3 rings (SSSR count). The number of fused-ring (bicyclic) bond motifs is 1. The van der Waals surface area contributed by atoms with Crippen LogP contribution in [0.3, 0.4) is 0 Å². The number of aromatic nitrogens is 2. The summed E-state index contributed by atoms with van der Waals surface area (Å²) in [6.07, 6.45) is 2.74. The van der Waals surface area contributed by atoms with Crippen LogP contribution in [-0.2, 0) is 4.74 Å². The molecule has 1 fully saturated rings. The zero-order valence-corrected chi connectivity index (χ0v) is 11.2. The number of morpholine rings is 1. The van der Waals surface area contributed by atoms with Gasteiger partial charge in [-0.3, -0.25) is 9.20 Å². The Morgan fingerprint density at radius 3 is 3.00 bits per heavy atom. The maximum Gasteiger partial charge on any atom is 0.170 e. The van der Waals surface area contributed by atoms with E-state index in [0.29, 0.717) is 18.9 Å². The highest BCUT2D eigenvalue weighted by atomic mass is 16.5. The number of rotatable bonds is 2. The van der Waals surface area contributed by atoms with Crippen molar-refractivity contribution in [3.05, 3.63) is 30.1 Å². The molecular weight excluding hydrogens is 242 g/mol. The molecule has 0 spiro atoms. The van der Waals surface area contributed by atoms with E-state index in [1.54, 1.807) is 0 Å². The summed E-state index contributed by atoms with van der Waals surface area (Å²) in [6, 6.07) is 5.73. The van der Waals surface area contributed by atoms with E-state index in [2.05, 4.69) is 23.7 Å². The fourth-order valence-corrected chi connectivity index (χ4v) is 2.56. The third kappa shape index (κ3) is 1.90. The molecule has 1 aliphatic rings. The molecule has 0 amide bonds. The Labute approximate surface area is 111 Å². The molecule has 5 heteroatoms. The van der Waals surface area contributed by atoms with Gasteiger partial charge in [0.2, 0.25) is 0 Å². The molecule has 0 saturated carbocycles. The Morgan fingerprint density at radius 1 is 1.42 bits per heavy atom. The first-order valence-corrected chi connectivity index (χ1v) is 6.41. The third-order valence-electron chi connectivity index (χ3n) is 3.56. The minimum Gasteiger partial charge on any atom is -0.377 e. The van der Waals surface area contributed by atoms with Crippen molar-refractivity contribution in [3.63, 3.8) is 0 Å². The van der Waals surface area contributed by atoms with Gasteiger partial charge in [-0.25, -0.2) is 4.98 Å². The van der Waals surface area contributed by atoms with E-state index >= 15 is 0 Å². The summed E-state index contributed by atoms with van der Waals surface area (Å²) in [6.45, 7) is 6.25. The zero-order valence-electron chi connectivity index (χ0n) is 11.2. The number of carbonyl (C=O) groups excluding carboxylic acids is 1. The molecule has 1 aliphatic heterocycles. The molecule has 0 bridgehead atoms. The number of imidazole rings is 1. The summed E-state index contributed by atoms with van der Waals surface area (Å²) in [5.41, 5.74) is 1.24. The van der Waals surface area contributed by atoms with Crippen molar-refractivity contribution >= 4 is 17.8 Å². The summed E-state index contributed by atoms with van der Waals surface area (Å²) in [4.78, 5) is 18.2. The summed E-state index contributed by atoms with van der Waals surface area (Å²) >= 11 is 0. The van der Waals surface area contributed by atoms with E-state index in [4.69, 9.17) is 4.74 Å². The Balaban J connectivity index is 2.16. The van der Waals surface area contributed by atoms with Crippen molar-refractivity contribution in [1.82, 2.24) is 9.38 Å². The van der Waals surface area contributed by atoms with E-state index in [1.807, 2.05) is 28.8 Å². The fraction of sp³-hybridized carbons (Fsp3) is 0.429.